The summed E-state index contributed by atoms with van der Waals surface area (Å²) in [5, 5.41) is 18.4. The lowest BCUT2D eigenvalue weighted by Gasteiger charge is -2.08. The molecule has 5 nitrogen and oxygen atoms in total. The molecule has 0 aliphatic heterocycles. The lowest BCUT2D eigenvalue weighted by Crippen LogP contribution is -2.05. The summed E-state index contributed by atoms with van der Waals surface area (Å²) < 4.78 is 28.9. The van der Waals surface area contributed by atoms with Crippen molar-refractivity contribution in [2.75, 3.05) is 6.61 Å². The first-order valence-electron chi connectivity index (χ1n) is 10.6. The van der Waals surface area contributed by atoms with Crippen molar-refractivity contribution in [3.8, 4) is 5.75 Å². The van der Waals surface area contributed by atoms with Crippen LogP contribution in [-0.2, 0) is 0 Å². The van der Waals surface area contributed by atoms with Crippen molar-refractivity contribution in [1.82, 2.24) is 0 Å². The number of hydrogen-bond donors (Lipinski definition) is 2. The van der Waals surface area contributed by atoms with Crippen molar-refractivity contribution in [1.29, 1.82) is 0 Å². The average Bonchev–Trinajstić information content (AvgIpc) is 2.61. The largest absolute Gasteiger partial charge is 0.494 e. The van der Waals surface area contributed by atoms with Gasteiger partial charge in [-0.1, -0.05) is 64.7 Å². The average molecular weight is 353 g/mol. The van der Waals surface area contributed by atoms with E-state index in [1.165, 1.54) is 38.5 Å². The summed E-state index contributed by atoms with van der Waals surface area (Å²) in [6.45, 7) is 2.37. The molecule has 1 aromatic carbocycles. The smallest absolute Gasteiger partial charge is 0.335 e. The van der Waals surface area contributed by atoms with Crippen LogP contribution in [0.5, 0.6) is 5.75 Å². The van der Waals surface area contributed by atoms with E-state index in [0.29, 0.717) is 6.42 Å². The molecule has 5 heteroatoms. The van der Waals surface area contributed by atoms with E-state index in [1.807, 2.05) is 0 Å². The Bertz CT molecular complexity index is 635. The fourth-order valence-electron chi connectivity index (χ4n) is 2.50. The number of unbranched alkanes of at least 4 members (excludes halogenated alkanes) is 9. The number of carbonyl (C=O) groups is 2. The van der Waals surface area contributed by atoms with Gasteiger partial charge in [0.1, 0.15) is 5.75 Å². The fraction of sp³-hybridized carbons (Fsp3) is 0.600. The predicted molar refractivity (Wildman–Crippen MR) is 97.7 cm³/mol. The first kappa shape index (κ1) is 16.4. The minimum atomic E-state index is -1.58. The summed E-state index contributed by atoms with van der Waals surface area (Å²) in [6.07, 6.45) is 11.3. The monoisotopic (exact) mass is 353 g/mol. The van der Waals surface area contributed by atoms with Crippen LogP contribution in [0.15, 0.2) is 18.1 Å². The Hall–Kier alpha value is -2.04. The van der Waals surface area contributed by atoms with Crippen LogP contribution in [0.1, 0.15) is 96.0 Å². The summed E-state index contributed by atoms with van der Waals surface area (Å²) in [6, 6.07) is -2.10. The molecule has 0 aromatic heterocycles. The van der Waals surface area contributed by atoms with Gasteiger partial charge in [0.05, 0.1) is 21.8 Å². The lowest BCUT2D eigenvalue weighted by atomic mass is 10.1. The van der Waals surface area contributed by atoms with Gasteiger partial charge in [0.2, 0.25) is 0 Å². The molecule has 0 atom stereocenters. The number of ether oxygens (including phenoxy) is 1. The van der Waals surface area contributed by atoms with Gasteiger partial charge < -0.3 is 14.9 Å². The zero-order valence-electron chi connectivity index (χ0n) is 17.9. The molecule has 0 bridgehead atoms. The first-order valence-corrected chi connectivity index (χ1v) is 9.06. The van der Waals surface area contributed by atoms with E-state index >= 15 is 0 Å². The highest BCUT2D eigenvalue weighted by Crippen LogP contribution is 2.18. The highest BCUT2D eigenvalue weighted by atomic mass is 16.5. The highest BCUT2D eigenvalue weighted by Gasteiger charge is 2.12. The zero-order chi connectivity index (χ0) is 21.1. The molecule has 25 heavy (non-hydrogen) atoms. The summed E-state index contributed by atoms with van der Waals surface area (Å²) in [4.78, 5) is 22.6. The van der Waals surface area contributed by atoms with E-state index in [1.54, 1.807) is 0 Å². The van der Waals surface area contributed by atoms with Gasteiger partial charge in [-0.15, -0.1) is 0 Å². The number of benzene rings is 1. The van der Waals surface area contributed by atoms with Crippen molar-refractivity contribution >= 4 is 11.9 Å². The molecule has 0 aliphatic rings. The van der Waals surface area contributed by atoms with Crippen LogP contribution in [0, 0.1) is 0 Å². The van der Waals surface area contributed by atoms with Crippen molar-refractivity contribution < 1.29 is 28.7 Å². The third kappa shape index (κ3) is 9.13. The summed E-state index contributed by atoms with van der Waals surface area (Å²) in [5.74, 6) is -3.55. The van der Waals surface area contributed by atoms with E-state index in [9.17, 15) is 19.8 Å². The van der Waals surface area contributed by atoms with Crippen LogP contribution in [0.2, 0.25) is 0 Å². The van der Waals surface area contributed by atoms with E-state index in [0.717, 1.165) is 19.3 Å². The molecule has 140 valence electrons. The minimum absolute atomic E-state index is 0.170. The van der Waals surface area contributed by atoms with Crippen LogP contribution in [0.3, 0.4) is 0 Å². The van der Waals surface area contributed by atoms with Crippen LogP contribution in [0.4, 0.5) is 0 Å². The highest BCUT2D eigenvalue weighted by molar-refractivity contribution is 5.94. The summed E-state index contributed by atoms with van der Waals surface area (Å²) in [7, 11) is 0. The second kappa shape index (κ2) is 12.3. The van der Waals surface area contributed by atoms with Crippen molar-refractivity contribution in [3.05, 3.63) is 29.3 Å². The standard InChI is InChI=1S/C20H30O5/c1-2-3-4-5-6-7-8-9-10-11-12-25-18-14-16(19(21)22)13-17(15-18)20(23)24/h13-15H,2-12H2,1H3,(H,21,22)(H,23,24)/i13D,14D,15D. The second-order valence-corrected chi connectivity index (χ2v) is 6.09. The van der Waals surface area contributed by atoms with Crippen molar-refractivity contribution in [2.45, 2.75) is 71.1 Å². The van der Waals surface area contributed by atoms with Gasteiger partial charge in [-0.25, -0.2) is 9.59 Å². The molecule has 0 saturated heterocycles. The first-order chi connectivity index (χ1) is 13.3. The number of carboxylic acids is 2. The Kier molecular flexibility index (Phi) is 8.11. The van der Waals surface area contributed by atoms with Gasteiger partial charge in [0.25, 0.3) is 0 Å². The maximum atomic E-state index is 11.3. The van der Waals surface area contributed by atoms with Crippen LogP contribution in [0.25, 0.3) is 0 Å². The SMILES string of the molecule is [2H]c1c(OCCCCCCCCCCCC)c([2H])c(C(=O)O)c([2H])c1C(=O)O. The molecule has 0 spiro atoms. The molecule has 1 aromatic rings. The molecule has 0 amide bonds. The predicted octanol–water partition coefficient (Wildman–Crippen LogP) is 5.38. The van der Waals surface area contributed by atoms with Crippen molar-refractivity contribution in [2.24, 2.45) is 0 Å². The third-order valence-electron chi connectivity index (χ3n) is 3.90. The van der Waals surface area contributed by atoms with Gasteiger partial charge in [-0.2, -0.15) is 0 Å². The number of carboxylic acid groups (broad SMARTS) is 2. The maximum absolute atomic E-state index is 11.3. The van der Waals surface area contributed by atoms with Crippen LogP contribution in [-0.4, -0.2) is 28.8 Å². The Labute approximate surface area is 154 Å². The molecule has 0 heterocycles. The molecule has 0 unspecified atom stereocenters. The molecular formula is C20H30O5. The molecule has 0 radical (unpaired) electrons. The van der Waals surface area contributed by atoms with Crippen LogP contribution < -0.4 is 4.74 Å². The number of aromatic carboxylic acids is 2. The van der Waals surface area contributed by atoms with Gasteiger partial charge in [-0.05, 0) is 24.5 Å². The lowest BCUT2D eigenvalue weighted by molar-refractivity contribution is 0.0696. The summed E-state index contributed by atoms with van der Waals surface area (Å²) in [5.41, 5.74) is -1.52. The topological polar surface area (TPSA) is 83.8 Å². The molecule has 0 fully saturated rings. The minimum Gasteiger partial charge on any atom is -0.494 e. The van der Waals surface area contributed by atoms with E-state index in [2.05, 4.69) is 6.92 Å². The quantitative estimate of drug-likeness (QED) is 0.438. The molecular weight excluding hydrogens is 320 g/mol. The molecule has 2 N–H and O–H groups in total. The molecule has 0 saturated carbocycles. The van der Waals surface area contributed by atoms with Crippen LogP contribution >= 0.6 is 0 Å². The maximum Gasteiger partial charge on any atom is 0.335 e. The number of hydrogen-bond acceptors (Lipinski definition) is 3. The second-order valence-electron chi connectivity index (χ2n) is 6.09. The molecule has 0 aliphatic carbocycles. The Morgan fingerprint density at radius 2 is 1.28 bits per heavy atom. The van der Waals surface area contributed by atoms with Gasteiger partial charge in [-0.3, -0.25) is 0 Å². The summed E-state index contributed by atoms with van der Waals surface area (Å²) >= 11 is 0. The molecule has 1 rings (SSSR count). The van der Waals surface area contributed by atoms with E-state index < -0.39 is 41.2 Å². The Morgan fingerprint density at radius 3 is 1.72 bits per heavy atom. The van der Waals surface area contributed by atoms with E-state index in [-0.39, 0.29) is 12.4 Å². The zero-order valence-corrected chi connectivity index (χ0v) is 14.9. The fourth-order valence-corrected chi connectivity index (χ4v) is 2.50. The number of rotatable bonds is 14. The normalized spacial score (nSPS) is 12.3. The van der Waals surface area contributed by atoms with Gasteiger partial charge in [0.15, 0.2) is 0 Å². The van der Waals surface area contributed by atoms with Gasteiger partial charge in [0, 0.05) is 0 Å². The van der Waals surface area contributed by atoms with Crippen molar-refractivity contribution in [3.63, 3.8) is 0 Å². The third-order valence-corrected chi connectivity index (χ3v) is 3.90. The Balaban J connectivity index is 2.54. The Morgan fingerprint density at radius 1 is 0.840 bits per heavy atom. The van der Waals surface area contributed by atoms with Gasteiger partial charge >= 0.3 is 11.9 Å². The van der Waals surface area contributed by atoms with E-state index in [4.69, 9.17) is 8.85 Å².